The second kappa shape index (κ2) is 9.77. The molecule has 7 nitrogen and oxygen atoms in total. The molecule has 1 saturated heterocycles. The van der Waals surface area contributed by atoms with Crippen molar-refractivity contribution in [1.82, 2.24) is 24.9 Å². The predicted octanol–water partition coefficient (Wildman–Crippen LogP) is 1.26. The first-order valence-corrected chi connectivity index (χ1v) is 8.70. The maximum absolute atomic E-state index is 12.1. The zero-order chi connectivity index (χ0) is 19.0. The fraction of sp³-hybridized carbons (Fsp3) is 0.750. The van der Waals surface area contributed by atoms with Crippen molar-refractivity contribution in [2.75, 3.05) is 52.5 Å². The Balaban J connectivity index is 1.54. The number of hydrogen-bond donors (Lipinski definition) is 1. The Morgan fingerprint density at radius 3 is 2.65 bits per heavy atom. The highest BCUT2D eigenvalue weighted by molar-refractivity contribution is 5.74. The van der Waals surface area contributed by atoms with E-state index in [2.05, 4.69) is 20.1 Å². The number of nitrogens with one attached hydrogen (secondary N) is 1. The van der Waals surface area contributed by atoms with Crippen LogP contribution in [0, 0.1) is 0 Å². The maximum Gasteiger partial charge on any atom is 0.411 e. The average Bonchev–Trinajstić information content (AvgIpc) is 2.99. The van der Waals surface area contributed by atoms with E-state index in [4.69, 9.17) is 0 Å². The van der Waals surface area contributed by atoms with Gasteiger partial charge in [-0.2, -0.15) is 18.3 Å². The summed E-state index contributed by atoms with van der Waals surface area (Å²) in [6, 6.07) is -0.0814. The zero-order valence-electron chi connectivity index (χ0n) is 15.0. The number of ether oxygens (including phenoxy) is 1. The van der Waals surface area contributed by atoms with Crippen molar-refractivity contribution in [1.29, 1.82) is 0 Å². The molecule has 1 aliphatic rings. The summed E-state index contributed by atoms with van der Waals surface area (Å²) in [6.45, 7) is 2.79. The molecule has 1 aliphatic heterocycles. The van der Waals surface area contributed by atoms with Gasteiger partial charge in [0.2, 0.25) is 0 Å². The number of halogens is 3. The fourth-order valence-electron chi connectivity index (χ4n) is 2.78. The lowest BCUT2D eigenvalue weighted by atomic mass is 10.2. The number of carbonyl (C=O) groups excluding carboxylic acids is 1. The molecule has 1 N–H and O–H groups in total. The number of amides is 2. The minimum Gasteiger partial charge on any atom is -0.372 e. The molecule has 0 atom stereocenters. The number of piperazine rings is 1. The summed E-state index contributed by atoms with van der Waals surface area (Å²) in [5, 5.41) is 6.99. The molecule has 10 heteroatoms. The second-order valence-electron chi connectivity index (χ2n) is 6.35. The normalized spacial score (nSPS) is 16.1. The highest BCUT2D eigenvalue weighted by atomic mass is 19.4. The summed E-state index contributed by atoms with van der Waals surface area (Å²) in [7, 11) is 1.85. The number of carbonyl (C=O) groups is 1. The average molecular weight is 377 g/mol. The lowest BCUT2D eigenvalue weighted by molar-refractivity contribution is -0.174. The van der Waals surface area contributed by atoms with Crippen LogP contribution in [0.2, 0.25) is 0 Å². The topological polar surface area (TPSA) is 62.6 Å². The molecule has 26 heavy (non-hydrogen) atoms. The first kappa shape index (κ1) is 20.5. The monoisotopic (exact) mass is 377 g/mol. The van der Waals surface area contributed by atoms with Crippen molar-refractivity contribution in [3.8, 4) is 0 Å². The standard InChI is InChI=1S/C16H26F3N5O2/c1-22-12-14(11-21-22)3-4-20-15(25)24-8-6-23(7-9-24)5-2-10-26-13-16(17,18)19/h11-12H,2-10,13H2,1H3,(H,20,25). The smallest absolute Gasteiger partial charge is 0.372 e. The summed E-state index contributed by atoms with van der Waals surface area (Å²) in [5.41, 5.74) is 1.07. The maximum atomic E-state index is 12.1. The van der Waals surface area contributed by atoms with E-state index in [9.17, 15) is 18.0 Å². The van der Waals surface area contributed by atoms with Crippen molar-refractivity contribution in [2.45, 2.75) is 19.0 Å². The second-order valence-corrected chi connectivity index (χ2v) is 6.35. The van der Waals surface area contributed by atoms with Crippen LogP contribution >= 0.6 is 0 Å². The molecule has 1 aromatic rings. The fourth-order valence-corrected chi connectivity index (χ4v) is 2.78. The van der Waals surface area contributed by atoms with Gasteiger partial charge in [0.05, 0.1) is 6.20 Å². The van der Waals surface area contributed by atoms with Crippen LogP contribution in [-0.4, -0.2) is 84.3 Å². The summed E-state index contributed by atoms with van der Waals surface area (Å²) in [5.74, 6) is 0. The van der Waals surface area contributed by atoms with E-state index in [0.29, 0.717) is 32.6 Å². The van der Waals surface area contributed by atoms with E-state index in [-0.39, 0.29) is 12.6 Å². The molecule has 0 aliphatic carbocycles. The number of aromatic nitrogens is 2. The van der Waals surface area contributed by atoms with Gasteiger partial charge in [-0.05, 0) is 18.4 Å². The van der Waals surface area contributed by atoms with Crippen molar-refractivity contribution >= 4 is 6.03 Å². The van der Waals surface area contributed by atoms with Crippen molar-refractivity contribution < 1.29 is 22.7 Å². The molecule has 0 aromatic carbocycles. The Kier molecular flexibility index (Phi) is 7.70. The molecule has 2 rings (SSSR count). The van der Waals surface area contributed by atoms with E-state index in [1.54, 1.807) is 15.8 Å². The van der Waals surface area contributed by atoms with Crippen LogP contribution in [0.4, 0.5) is 18.0 Å². The number of hydrogen-bond acceptors (Lipinski definition) is 4. The third-order valence-electron chi connectivity index (χ3n) is 4.14. The van der Waals surface area contributed by atoms with Gasteiger partial charge in [0.25, 0.3) is 0 Å². The molecule has 0 bridgehead atoms. The summed E-state index contributed by atoms with van der Waals surface area (Å²) >= 11 is 0. The summed E-state index contributed by atoms with van der Waals surface area (Å²) in [4.78, 5) is 16.0. The van der Waals surface area contributed by atoms with Crippen molar-refractivity contribution in [2.24, 2.45) is 7.05 Å². The Labute approximate surface area is 151 Å². The molecule has 2 heterocycles. The van der Waals surface area contributed by atoms with Crippen LogP contribution in [0.15, 0.2) is 12.4 Å². The van der Waals surface area contributed by atoms with Gasteiger partial charge < -0.3 is 15.0 Å². The molecular weight excluding hydrogens is 351 g/mol. The van der Waals surface area contributed by atoms with Gasteiger partial charge in [-0.25, -0.2) is 4.79 Å². The molecule has 0 radical (unpaired) electrons. The quantitative estimate of drug-likeness (QED) is 0.693. The zero-order valence-corrected chi connectivity index (χ0v) is 15.0. The highest BCUT2D eigenvalue weighted by Crippen LogP contribution is 2.14. The summed E-state index contributed by atoms with van der Waals surface area (Å²) in [6.07, 6.45) is 0.716. The van der Waals surface area contributed by atoms with E-state index >= 15 is 0 Å². The highest BCUT2D eigenvalue weighted by Gasteiger charge is 2.27. The van der Waals surface area contributed by atoms with Crippen molar-refractivity contribution in [3.05, 3.63) is 18.0 Å². The molecule has 0 unspecified atom stereocenters. The summed E-state index contributed by atoms with van der Waals surface area (Å²) < 4.78 is 42.2. The lowest BCUT2D eigenvalue weighted by Gasteiger charge is -2.34. The number of rotatable bonds is 8. The first-order valence-electron chi connectivity index (χ1n) is 8.70. The molecule has 1 fully saturated rings. The van der Waals surface area contributed by atoms with Gasteiger partial charge in [0, 0.05) is 59.1 Å². The van der Waals surface area contributed by atoms with Crippen LogP contribution in [-0.2, 0) is 18.2 Å². The Morgan fingerprint density at radius 1 is 1.31 bits per heavy atom. The van der Waals surface area contributed by atoms with Gasteiger partial charge in [-0.1, -0.05) is 0 Å². The number of aryl methyl sites for hydroxylation is 1. The minimum absolute atomic E-state index is 0.0814. The Bertz CT molecular complexity index is 556. The Hall–Kier alpha value is -1.81. The van der Waals surface area contributed by atoms with Crippen LogP contribution in [0.3, 0.4) is 0 Å². The Morgan fingerprint density at radius 2 is 2.04 bits per heavy atom. The molecule has 0 saturated carbocycles. The SMILES string of the molecule is Cn1cc(CCNC(=O)N2CCN(CCCOCC(F)(F)F)CC2)cn1. The minimum atomic E-state index is -4.27. The predicted molar refractivity (Wildman–Crippen MR) is 89.8 cm³/mol. The van der Waals surface area contributed by atoms with Crippen molar-refractivity contribution in [3.63, 3.8) is 0 Å². The first-order chi connectivity index (χ1) is 12.3. The van der Waals surface area contributed by atoms with Gasteiger partial charge in [-0.3, -0.25) is 9.58 Å². The van der Waals surface area contributed by atoms with Gasteiger partial charge in [0.1, 0.15) is 6.61 Å². The van der Waals surface area contributed by atoms with Crippen LogP contribution in [0.5, 0.6) is 0 Å². The van der Waals surface area contributed by atoms with Crippen LogP contribution < -0.4 is 5.32 Å². The molecule has 1 aromatic heterocycles. The van der Waals surface area contributed by atoms with Gasteiger partial charge in [-0.15, -0.1) is 0 Å². The van der Waals surface area contributed by atoms with Gasteiger partial charge in [0.15, 0.2) is 0 Å². The number of alkyl halides is 3. The number of nitrogens with zero attached hydrogens (tertiary/aromatic N) is 4. The third kappa shape index (κ3) is 7.61. The van der Waals surface area contributed by atoms with E-state index in [1.165, 1.54) is 0 Å². The van der Waals surface area contributed by atoms with E-state index < -0.39 is 12.8 Å². The number of urea groups is 1. The van der Waals surface area contributed by atoms with E-state index in [0.717, 1.165) is 25.1 Å². The molecule has 0 spiro atoms. The van der Waals surface area contributed by atoms with Crippen LogP contribution in [0.1, 0.15) is 12.0 Å². The van der Waals surface area contributed by atoms with Gasteiger partial charge >= 0.3 is 12.2 Å². The largest absolute Gasteiger partial charge is 0.411 e. The van der Waals surface area contributed by atoms with E-state index in [1.807, 2.05) is 13.2 Å². The molecular formula is C16H26F3N5O2. The van der Waals surface area contributed by atoms with Crippen LogP contribution in [0.25, 0.3) is 0 Å². The molecule has 2 amide bonds. The third-order valence-corrected chi connectivity index (χ3v) is 4.14. The lowest BCUT2D eigenvalue weighted by Crippen LogP contribution is -2.52. The molecule has 148 valence electrons.